The van der Waals surface area contributed by atoms with E-state index < -0.39 is 11.6 Å². The molecular weight excluding hydrogens is 256 g/mol. The van der Waals surface area contributed by atoms with Gasteiger partial charge >= 0.3 is 5.97 Å². The molecular formula is C11H14N2O4S. The lowest BCUT2D eigenvalue weighted by atomic mass is 9.96. The van der Waals surface area contributed by atoms with Gasteiger partial charge in [0.05, 0.1) is 18.1 Å². The second-order valence-corrected chi connectivity index (χ2v) is 5.61. The van der Waals surface area contributed by atoms with Crippen LogP contribution in [0.5, 0.6) is 0 Å². The van der Waals surface area contributed by atoms with Gasteiger partial charge in [0.1, 0.15) is 17.9 Å². The summed E-state index contributed by atoms with van der Waals surface area (Å²) < 4.78 is 5.24. The summed E-state index contributed by atoms with van der Waals surface area (Å²) in [7, 11) is 0. The molecule has 0 atom stereocenters. The number of aromatic nitrogens is 1. The van der Waals surface area contributed by atoms with Crippen LogP contribution in [0.4, 0.5) is 0 Å². The largest absolute Gasteiger partial charge is 0.480 e. The van der Waals surface area contributed by atoms with E-state index in [1.54, 1.807) is 17.2 Å². The lowest BCUT2D eigenvalue weighted by Crippen LogP contribution is -2.63. The van der Waals surface area contributed by atoms with Crippen molar-refractivity contribution in [2.45, 2.75) is 19.4 Å². The number of aryl methyl sites for hydroxylation is 1. The first-order valence-corrected chi connectivity index (χ1v) is 6.35. The van der Waals surface area contributed by atoms with E-state index in [0.29, 0.717) is 18.8 Å². The highest BCUT2D eigenvalue weighted by molar-refractivity contribution is 7.09. The van der Waals surface area contributed by atoms with Crippen LogP contribution >= 0.6 is 11.3 Å². The number of hydrogen-bond acceptors (Lipinski definition) is 5. The van der Waals surface area contributed by atoms with Gasteiger partial charge in [0.2, 0.25) is 0 Å². The molecule has 18 heavy (non-hydrogen) atoms. The molecule has 1 N–H and O–H groups in total. The van der Waals surface area contributed by atoms with Crippen LogP contribution in [-0.4, -0.2) is 52.2 Å². The van der Waals surface area contributed by atoms with Crippen LogP contribution in [0.15, 0.2) is 5.38 Å². The number of amides is 1. The Bertz CT molecular complexity index is 479. The highest BCUT2D eigenvalue weighted by Crippen LogP contribution is 2.26. The molecule has 1 aromatic heterocycles. The molecule has 1 aliphatic heterocycles. The zero-order valence-corrected chi connectivity index (χ0v) is 11.0. The minimum Gasteiger partial charge on any atom is -0.480 e. The first kappa shape index (κ1) is 13.0. The Balaban J connectivity index is 1.88. The first-order chi connectivity index (χ1) is 8.39. The molecule has 98 valence electrons. The topological polar surface area (TPSA) is 79.7 Å². The van der Waals surface area contributed by atoms with Crippen LogP contribution in [0.25, 0.3) is 0 Å². The number of aliphatic carboxylic acids is 1. The summed E-state index contributed by atoms with van der Waals surface area (Å²) in [5, 5.41) is 11.1. The van der Waals surface area contributed by atoms with E-state index in [2.05, 4.69) is 4.98 Å². The molecule has 1 fully saturated rings. The number of likely N-dealkylation sites (tertiary alicyclic amines) is 1. The van der Waals surface area contributed by atoms with Crippen LogP contribution in [0.2, 0.25) is 0 Å². The smallest absolute Gasteiger partial charge is 0.329 e. The Kier molecular flexibility index (Phi) is 3.36. The fraction of sp³-hybridized carbons (Fsp3) is 0.545. The van der Waals surface area contributed by atoms with Crippen molar-refractivity contribution in [2.75, 3.05) is 19.7 Å². The minimum absolute atomic E-state index is 0.129. The summed E-state index contributed by atoms with van der Waals surface area (Å²) in [6, 6.07) is 0. The highest BCUT2D eigenvalue weighted by atomic mass is 32.1. The molecule has 1 amide bonds. The molecule has 1 aliphatic rings. The van der Waals surface area contributed by atoms with Crippen LogP contribution in [0.1, 0.15) is 22.4 Å². The molecule has 0 aromatic carbocycles. The van der Waals surface area contributed by atoms with E-state index in [9.17, 15) is 9.59 Å². The number of nitrogens with zero attached hydrogens (tertiary/aromatic N) is 2. The maximum atomic E-state index is 12.0. The lowest BCUT2D eigenvalue weighted by molar-refractivity contribution is -0.159. The molecule has 0 unspecified atom stereocenters. The van der Waals surface area contributed by atoms with Crippen LogP contribution < -0.4 is 0 Å². The maximum Gasteiger partial charge on any atom is 0.329 e. The zero-order valence-electron chi connectivity index (χ0n) is 10.2. The van der Waals surface area contributed by atoms with Gasteiger partial charge in [-0.1, -0.05) is 0 Å². The third kappa shape index (κ3) is 2.68. The molecule has 2 rings (SSSR count). The van der Waals surface area contributed by atoms with Gasteiger partial charge in [0.25, 0.3) is 5.91 Å². The first-order valence-electron chi connectivity index (χ1n) is 5.47. The Hall–Kier alpha value is -1.47. The second-order valence-electron chi connectivity index (χ2n) is 4.55. The third-order valence-corrected chi connectivity index (χ3v) is 3.49. The molecule has 2 heterocycles. The summed E-state index contributed by atoms with van der Waals surface area (Å²) in [4.78, 5) is 28.1. The van der Waals surface area contributed by atoms with Gasteiger partial charge < -0.3 is 14.7 Å². The molecule has 1 aromatic rings. The van der Waals surface area contributed by atoms with Gasteiger partial charge in [-0.15, -0.1) is 11.3 Å². The summed E-state index contributed by atoms with van der Waals surface area (Å²) in [6.07, 6.45) is 0. The van der Waals surface area contributed by atoms with E-state index >= 15 is 0 Å². The fourth-order valence-electron chi connectivity index (χ4n) is 1.86. The number of carbonyl (C=O) groups is 2. The van der Waals surface area contributed by atoms with Gasteiger partial charge in [0, 0.05) is 5.38 Å². The van der Waals surface area contributed by atoms with Crippen molar-refractivity contribution in [3.05, 3.63) is 16.1 Å². The van der Waals surface area contributed by atoms with Gasteiger partial charge in [-0.2, -0.15) is 0 Å². The van der Waals surface area contributed by atoms with Crippen molar-refractivity contribution in [3.8, 4) is 0 Å². The Morgan fingerprint density at radius 3 is 2.78 bits per heavy atom. The van der Waals surface area contributed by atoms with Crippen molar-refractivity contribution in [1.29, 1.82) is 0 Å². The van der Waals surface area contributed by atoms with Gasteiger partial charge in [-0.05, 0) is 13.8 Å². The number of carbonyl (C=O) groups excluding carboxylic acids is 1. The predicted octanol–water partition coefficient (Wildman–Crippen LogP) is 0.767. The summed E-state index contributed by atoms with van der Waals surface area (Å²) in [6.45, 7) is 4.10. The lowest BCUT2D eigenvalue weighted by Gasteiger charge is -2.46. The molecule has 0 aliphatic carbocycles. The Morgan fingerprint density at radius 2 is 2.28 bits per heavy atom. The Labute approximate surface area is 108 Å². The number of rotatable bonds is 4. The van der Waals surface area contributed by atoms with E-state index in [1.807, 2.05) is 6.92 Å². The van der Waals surface area contributed by atoms with Crippen molar-refractivity contribution >= 4 is 23.2 Å². The van der Waals surface area contributed by atoms with Crippen LogP contribution in [0, 0.1) is 6.92 Å². The quantitative estimate of drug-likeness (QED) is 0.874. The summed E-state index contributed by atoms with van der Waals surface area (Å²) in [5.41, 5.74) is -0.114. The van der Waals surface area contributed by atoms with E-state index in [4.69, 9.17) is 9.84 Å². The van der Waals surface area contributed by atoms with E-state index in [0.717, 1.165) is 5.01 Å². The Morgan fingerprint density at radius 1 is 1.61 bits per heavy atom. The molecule has 0 bridgehead atoms. The van der Waals surface area contributed by atoms with E-state index in [-0.39, 0.29) is 12.5 Å². The van der Waals surface area contributed by atoms with Crippen LogP contribution in [-0.2, 0) is 9.53 Å². The number of hydrogen-bond donors (Lipinski definition) is 1. The van der Waals surface area contributed by atoms with Gasteiger partial charge in [0.15, 0.2) is 0 Å². The van der Waals surface area contributed by atoms with E-state index in [1.165, 1.54) is 11.3 Å². The zero-order chi connectivity index (χ0) is 13.3. The molecule has 0 radical (unpaired) electrons. The normalized spacial score (nSPS) is 17.3. The van der Waals surface area contributed by atoms with Gasteiger partial charge in [-0.3, -0.25) is 4.79 Å². The highest BCUT2D eigenvalue weighted by Gasteiger charge is 2.43. The summed E-state index contributed by atoms with van der Waals surface area (Å²) in [5.74, 6) is -1.13. The third-order valence-electron chi connectivity index (χ3n) is 2.72. The minimum atomic E-state index is -1.00. The second kappa shape index (κ2) is 4.66. The molecule has 0 saturated carbocycles. The van der Waals surface area contributed by atoms with Crippen molar-refractivity contribution < 1.29 is 19.4 Å². The number of thiazole rings is 1. The van der Waals surface area contributed by atoms with Crippen molar-refractivity contribution in [2.24, 2.45) is 0 Å². The monoisotopic (exact) mass is 270 g/mol. The molecule has 0 spiro atoms. The molecule has 7 heteroatoms. The maximum absolute atomic E-state index is 12.0. The SMILES string of the molecule is Cc1nc(C(=O)N2CC(C)(OCC(=O)O)C2)cs1. The fourth-order valence-corrected chi connectivity index (χ4v) is 2.44. The standard InChI is InChI=1S/C11H14N2O4S/c1-7-12-8(4-18-7)10(16)13-5-11(2,6-13)17-3-9(14)15/h4H,3,5-6H2,1-2H3,(H,14,15). The number of carboxylic acid groups (broad SMARTS) is 1. The van der Waals surface area contributed by atoms with Gasteiger partial charge in [-0.25, -0.2) is 9.78 Å². The summed E-state index contributed by atoms with van der Waals surface area (Å²) >= 11 is 1.43. The molecule has 6 nitrogen and oxygen atoms in total. The predicted molar refractivity (Wildman–Crippen MR) is 64.7 cm³/mol. The number of carboxylic acids is 1. The van der Waals surface area contributed by atoms with Crippen molar-refractivity contribution in [3.63, 3.8) is 0 Å². The average Bonchev–Trinajstić information content (AvgIpc) is 2.68. The van der Waals surface area contributed by atoms with Crippen molar-refractivity contribution in [1.82, 2.24) is 9.88 Å². The number of ether oxygens (including phenoxy) is 1. The molecule has 1 saturated heterocycles. The average molecular weight is 270 g/mol. The van der Waals surface area contributed by atoms with Crippen LogP contribution in [0.3, 0.4) is 0 Å².